The van der Waals surface area contributed by atoms with E-state index in [2.05, 4.69) is 20.9 Å². The number of phenols is 1. The van der Waals surface area contributed by atoms with Gasteiger partial charge in [0.1, 0.15) is 28.9 Å². The predicted molar refractivity (Wildman–Crippen MR) is 127 cm³/mol. The highest BCUT2D eigenvalue weighted by Gasteiger charge is 2.80. The molecule has 3 amide bonds. The van der Waals surface area contributed by atoms with E-state index in [-0.39, 0.29) is 29.2 Å². The maximum atomic E-state index is 13.7. The molecular weight excluding hydrogens is 508 g/mol. The third-order valence-electron chi connectivity index (χ3n) is 7.17. The summed E-state index contributed by atoms with van der Waals surface area (Å²) in [6, 6.07) is 7.47. The van der Waals surface area contributed by atoms with Gasteiger partial charge in [-0.25, -0.2) is 14.2 Å². The Hall–Kier alpha value is -4.35. The van der Waals surface area contributed by atoms with E-state index >= 15 is 0 Å². The number of rotatable bonds is 5. The van der Waals surface area contributed by atoms with Crippen molar-refractivity contribution >= 4 is 23.4 Å². The number of carbonyl (C=O) groups excluding carboxylic acids is 2. The van der Waals surface area contributed by atoms with Crippen molar-refractivity contribution in [1.29, 1.82) is 0 Å². The third-order valence-corrected chi connectivity index (χ3v) is 7.17. The lowest BCUT2D eigenvalue weighted by Gasteiger charge is -2.20. The number of amides is 3. The molecule has 2 fully saturated rings. The number of anilines is 2. The lowest BCUT2D eigenvalue weighted by molar-refractivity contribution is -0.137. The van der Waals surface area contributed by atoms with Crippen molar-refractivity contribution in [3.63, 3.8) is 0 Å². The molecular formula is C26H20F4N4O4. The van der Waals surface area contributed by atoms with Gasteiger partial charge in [-0.3, -0.25) is 4.79 Å². The zero-order valence-electron chi connectivity index (χ0n) is 19.5. The van der Waals surface area contributed by atoms with E-state index in [0.717, 1.165) is 11.6 Å². The fourth-order valence-electron chi connectivity index (χ4n) is 5.15. The molecule has 3 aliphatic rings. The smallest absolute Gasteiger partial charge is 0.416 e. The molecule has 2 saturated carbocycles. The fourth-order valence-corrected chi connectivity index (χ4v) is 5.15. The van der Waals surface area contributed by atoms with Crippen LogP contribution in [0.2, 0.25) is 0 Å². The molecule has 0 spiro atoms. The van der Waals surface area contributed by atoms with Gasteiger partial charge in [0.2, 0.25) is 5.91 Å². The van der Waals surface area contributed by atoms with E-state index in [9.17, 15) is 32.3 Å². The van der Waals surface area contributed by atoms with Gasteiger partial charge in [0.05, 0.1) is 11.1 Å². The summed E-state index contributed by atoms with van der Waals surface area (Å²) in [5, 5.41) is 18.2. The number of hydrogen-bond donors (Lipinski definition) is 4. The van der Waals surface area contributed by atoms with E-state index < -0.39 is 29.1 Å². The minimum Gasteiger partial charge on any atom is -0.508 e. The van der Waals surface area contributed by atoms with E-state index in [1.54, 1.807) is 18.2 Å². The molecule has 0 unspecified atom stereocenters. The highest BCUT2D eigenvalue weighted by molar-refractivity contribution is 5.93. The Labute approximate surface area is 213 Å². The Morgan fingerprint density at radius 3 is 2.74 bits per heavy atom. The van der Waals surface area contributed by atoms with Gasteiger partial charge >= 0.3 is 12.2 Å². The van der Waals surface area contributed by atoms with Crippen LogP contribution in [0.3, 0.4) is 0 Å². The molecule has 4 N–H and O–H groups in total. The first-order chi connectivity index (χ1) is 18.0. The number of fused-ring (bicyclic) bond motifs is 2. The zero-order chi connectivity index (χ0) is 26.8. The largest absolute Gasteiger partial charge is 0.508 e. The second-order valence-corrected chi connectivity index (χ2v) is 9.64. The number of benzene rings is 2. The number of urea groups is 1. The third kappa shape index (κ3) is 4.25. The first kappa shape index (κ1) is 24.0. The molecule has 2 heterocycles. The van der Waals surface area contributed by atoms with Gasteiger partial charge in [-0.2, -0.15) is 13.2 Å². The molecule has 6 rings (SSSR count). The number of phenolic OH excluding ortho intramolecular Hbond substituents is 1. The second kappa shape index (κ2) is 8.33. The van der Waals surface area contributed by atoms with Crippen LogP contribution in [0.1, 0.15) is 35.4 Å². The molecule has 3 atom stereocenters. The average Bonchev–Trinajstić information content (AvgIpc) is 3.70. The zero-order valence-corrected chi connectivity index (χ0v) is 19.5. The number of alkyl halides is 3. The molecule has 3 aromatic rings. The molecule has 0 saturated heterocycles. The quantitative estimate of drug-likeness (QED) is 0.336. The highest BCUT2D eigenvalue weighted by atomic mass is 19.4. The SMILES string of the molecule is O=C1CCc2c(Oc3ccc(O)c([C@@H]4[C@@H]5C[C@@]45NC(=O)Nc4cc(F)cc(C(F)(F)F)c4)c3)ccnc2N1. The van der Waals surface area contributed by atoms with E-state index in [1.807, 2.05) is 0 Å². The van der Waals surface area contributed by atoms with Crippen molar-refractivity contribution in [3.05, 3.63) is 71.2 Å². The molecule has 0 bridgehead atoms. The van der Waals surface area contributed by atoms with Crippen LogP contribution in [0.4, 0.5) is 33.9 Å². The first-order valence-corrected chi connectivity index (χ1v) is 11.8. The summed E-state index contributed by atoms with van der Waals surface area (Å²) < 4.78 is 58.6. The Morgan fingerprint density at radius 1 is 1.16 bits per heavy atom. The summed E-state index contributed by atoms with van der Waals surface area (Å²) in [6.07, 6.45) is -1.83. The Kier molecular flexibility index (Phi) is 5.27. The van der Waals surface area contributed by atoms with Gasteiger partial charge in [0, 0.05) is 35.3 Å². The number of aromatic hydroxyl groups is 1. The number of hydrogen-bond acceptors (Lipinski definition) is 5. The second-order valence-electron chi connectivity index (χ2n) is 9.64. The van der Waals surface area contributed by atoms with Crippen LogP contribution in [0, 0.1) is 11.7 Å². The van der Waals surface area contributed by atoms with E-state index in [4.69, 9.17) is 4.74 Å². The number of ether oxygens (including phenoxy) is 1. The highest BCUT2D eigenvalue weighted by Crippen LogP contribution is 2.77. The Bertz CT molecular complexity index is 1490. The van der Waals surface area contributed by atoms with Crippen LogP contribution in [0.5, 0.6) is 17.2 Å². The summed E-state index contributed by atoms with van der Waals surface area (Å²) in [5.74, 6) is -0.0153. The Balaban J connectivity index is 1.16. The Morgan fingerprint density at radius 2 is 1.97 bits per heavy atom. The van der Waals surface area contributed by atoms with Crippen LogP contribution in [-0.2, 0) is 17.4 Å². The van der Waals surface area contributed by atoms with Crippen molar-refractivity contribution in [2.24, 2.45) is 5.92 Å². The summed E-state index contributed by atoms with van der Waals surface area (Å²) in [4.78, 5) is 28.4. The van der Waals surface area contributed by atoms with Gasteiger partial charge in [-0.1, -0.05) is 0 Å². The summed E-state index contributed by atoms with van der Waals surface area (Å²) in [6.45, 7) is 0. The van der Waals surface area contributed by atoms with Crippen molar-refractivity contribution in [1.82, 2.24) is 10.3 Å². The number of nitrogens with one attached hydrogen (secondary N) is 3. The molecule has 1 aliphatic heterocycles. The predicted octanol–water partition coefficient (Wildman–Crippen LogP) is 5.30. The van der Waals surface area contributed by atoms with E-state index in [0.29, 0.717) is 54.3 Å². The number of aromatic nitrogens is 1. The molecule has 38 heavy (non-hydrogen) atoms. The summed E-state index contributed by atoms with van der Waals surface area (Å²) >= 11 is 0. The monoisotopic (exact) mass is 528 g/mol. The first-order valence-electron chi connectivity index (χ1n) is 11.8. The lowest BCUT2D eigenvalue weighted by atomic mass is 9.99. The summed E-state index contributed by atoms with van der Waals surface area (Å²) in [5.41, 5.74) is -0.868. The van der Waals surface area contributed by atoms with Crippen molar-refractivity contribution in [2.75, 3.05) is 10.6 Å². The number of pyridine rings is 1. The van der Waals surface area contributed by atoms with Gasteiger partial charge in [0.25, 0.3) is 0 Å². The van der Waals surface area contributed by atoms with Gasteiger partial charge < -0.3 is 25.8 Å². The molecule has 12 heteroatoms. The maximum absolute atomic E-state index is 13.7. The van der Waals surface area contributed by atoms with Crippen molar-refractivity contribution in [3.8, 4) is 17.2 Å². The normalized spacial score (nSPS) is 23.0. The molecule has 8 nitrogen and oxygen atoms in total. The standard InChI is InChI=1S/C26H20F4N4O4/c27-13-7-12(26(28,29)30)8-14(9-13)32-24(37)34-25-11-18(25)22(25)17-10-15(1-3-19(17)35)38-20-5-6-31-23-16(20)2-4-21(36)33-23/h1,3,5-10,18,22,35H,2,4,11H2,(H,31,33,36)(H2,32,34,37)/t18-,22+,25-/m0/s1. The topological polar surface area (TPSA) is 113 Å². The number of nitrogens with zero attached hydrogens (tertiary/aromatic N) is 1. The molecule has 2 aromatic carbocycles. The summed E-state index contributed by atoms with van der Waals surface area (Å²) in [7, 11) is 0. The van der Waals surface area contributed by atoms with Gasteiger partial charge in [-0.05, 0) is 61.2 Å². The lowest BCUT2D eigenvalue weighted by Crippen LogP contribution is -2.36. The molecule has 1 aromatic heterocycles. The van der Waals surface area contributed by atoms with Gasteiger partial charge in [-0.15, -0.1) is 0 Å². The molecule has 0 radical (unpaired) electrons. The average molecular weight is 528 g/mol. The van der Waals surface area contributed by atoms with Gasteiger partial charge in [0.15, 0.2) is 0 Å². The van der Waals surface area contributed by atoms with Crippen molar-refractivity contribution < 1.29 is 37.0 Å². The minimum absolute atomic E-state index is 0.0140. The fraction of sp³-hybridized carbons (Fsp3) is 0.269. The van der Waals surface area contributed by atoms with Crippen LogP contribution < -0.4 is 20.7 Å². The molecule has 196 valence electrons. The number of carbonyl (C=O) groups is 2. The van der Waals surface area contributed by atoms with Crippen molar-refractivity contribution in [2.45, 2.75) is 36.9 Å². The van der Waals surface area contributed by atoms with Crippen LogP contribution in [0.25, 0.3) is 0 Å². The van der Waals surface area contributed by atoms with Crippen LogP contribution in [0.15, 0.2) is 48.7 Å². The van der Waals surface area contributed by atoms with Crippen LogP contribution >= 0.6 is 0 Å². The van der Waals surface area contributed by atoms with Crippen LogP contribution in [-0.4, -0.2) is 27.6 Å². The minimum atomic E-state index is -4.76. The number of halogens is 4. The maximum Gasteiger partial charge on any atom is 0.416 e. The molecule has 2 aliphatic carbocycles. The van der Waals surface area contributed by atoms with E-state index in [1.165, 1.54) is 12.3 Å².